The van der Waals surface area contributed by atoms with E-state index in [1.54, 1.807) is 22.4 Å². The highest BCUT2D eigenvalue weighted by Gasteiger charge is 2.71. The molecular weight excluding hydrogens is 292 g/mol. The van der Waals surface area contributed by atoms with Crippen molar-refractivity contribution in [3.63, 3.8) is 0 Å². The van der Waals surface area contributed by atoms with Gasteiger partial charge in [0.15, 0.2) is 0 Å². The number of benzene rings is 1. The predicted octanol–water partition coefficient (Wildman–Crippen LogP) is 3.64. The zero-order valence-corrected chi connectivity index (χ0v) is 14.8. The summed E-state index contributed by atoms with van der Waals surface area (Å²) in [5, 5.41) is 0. The van der Waals surface area contributed by atoms with Crippen molar-refractivity contribution >= 4 is 5.69 Å². The van der Waals surface area contributed by atoms with Crippen LogP contribution in [0, 0.1) is 5.92 Å². The van der Waals surface area contributed by atoms with Crippen molar-refractivity contribution in [2.75, 3.05) is 31.6 Å². The average Bonchev–Trinajstić information content (AvgIpc) is 3.11. The normalized spacial score (nSPS) is 45.9. The fourth-order valence-electron chi connectivity index (χ4n) is 7.37. The van der Waals surface area contributed by atoms with Crippen LogP contribution in [0.15, 0.2) is 47.6 Å². The molecular formula is C22H27N2+. The van der Waals surface area contributed by atoms with E-state index in [9.17, 15) is 0 Å². The Morgan fingerprint density at radius 3 is 3.04 bits per heavy atom. The summed E-state index contributed by atoms with van der Waals surface area (Å²) in [7, 11) is 2.54. The maximum absolute atomic E-state index is 2.79. The molecule has 24 heavy (non-hydrogen) atoms. The Morgan fingerprint density at radius 2 is 2.17 bits per heavy atom. The molecule has 2 bridgehead atoms. The third-order valence-electron chi connectivity index (χ3n) is 8.19. The van der Waals surface area contributed by atoms with Crippen molar-refractivity contribution in [1.29, 1.82) is 0 Å². The molecule has 2 heteroatoms. The van der Waals surface area contributed by atoms with Gasteiger partial charge in [0.2, 0.25) is 0 Å². The third-order valence-corrected chi connectivity index (χ3v) is 8.19. The quantitative estimate of drug-likeness (QED) is 0.521. The minimum atomic E-state index is 0.382. The van der Waals surface area contributed by atoms with Gasteiger partial charge in [-0.3, -0.25) is 0 Å². The molecule has 2 saturated heterocycles. The molecule has 0 amide bonds. The van der Waals surface area contributed by atoms with Gasteiger partial charge >= 0.3 is 0 Å². The summed E-state index contributed by atoms with van der Waals surface area (Å²) in [6.07, 6.45) is 9.04. The predicted molar refractivity (Wildman–Crippen MR) is 98.1 cm³/mol. The van der Waals surface area contributed by atoms with Crippen molar-refractivity contribution in [3.8, 4) is 0 Å². The monoisotopic (exact) mass is 319 g/mol. The lowest BCUT2D eigenvalue weighted by molar-refractivity contribution is -0.924. The lowest BCUT2D eigenvalue weighted by atomic mass is 9.57. The minimum Gasteiger partial charge on any atom is -0.363 e. The molecule has 1 saturated carbocycles. The highest BCUT2D eigenvalue weighted by atomic mass is 15.4. The van der Waals surface area contributed by atoms with Gasteiger partial charge in [-0.1, -0.05) is 30.4 Å². The molecule has 1 spiro atoms. The van der Waals surface area contributed by atoms with E-state index < -0.39 is 0 Å². The Bertz CT molecular complexity index is 806. The molecule has 0 N–H and O–H groups in total. The van der Waals surface area contributed by atoms with E-state index in [0.717, 1.165) is 12.0 Å². The number of rotatable bonds is 0. The maximum atomic E-state index is 2.79. The van der Waals surface area contributed by atoms with Crippen molar-refractivity contribution in [3.05, 3.63) is 53.1 Å². The molecule has 3 fully saturated rings. The second-order valence-electron chi connectivity index (χ2n) is 8.93. The smallest absolute Gasteiger partial charge is 0.102 e. The second-order valence-corrected chi connectivity index (χ2v) is 8.93. The standard InChI is InChI=1S/C22H27N2/c1-3-15-14-24(2)12-10-22-18-8-4-5-9-19(18)23-11-6-7-16(21(22)23)17(15)13-20(22)24/h3-5,7-9,17,20-21H,6,10-14H2,1-2H3/q+1/b15-3+/t17-,20+,21+,22-,24-/m0/s1. The van der Waals surface area contributed by atoms with E-state index >= 15 is 0 Å². The number of fused-ring (bicyclic) bond motifs is 4. The molecule has 1 aliphatic carbocycles. The van der Waals surface area contributed by atoms with E-state index in [1.165, 1.54) is 43.4 Å². The van der Waals surface area contributed by atoms with E-state index in [4.69, 9.17) is 0 Å². The number of para-hydroxylation sites is 1. The number of allylic oxidation sites excluding steroid dienone is 1. The molecule has 1 aromatic rings. The lowest BCUT2D eigenvalue weighted by Gasteiger charge is -2.56. The summed E-state index contributed by atoms with van der Waals surface area (Å²) >= 11 is 0. The average molecular weight is 319 g/mol. The maximum Gasteiger partial charge on any atom is 0.102 e. The topological polar surface area (TPSA) is 3.24 Å². The van der Waals surface area contributed by atoms with Crippen LogP contribution in [-0.4, -0.2) is 43.2 Å². The van der Waals surface area contributed by atoms with Crippen LogP contribution in [0.3, 0.4) is 0 Å². The van der Waals surface area contributed by atoms with Crippen LogP contribution in [-0.2, 0) is 5.41 Å². The van der Waals surface area contributed by atoms with Crippen LogP contribution in [0.25, 0.3) is 0 Å². The van der Waals surface area contributed by atoms with Gasteiger partial charge in [-0.05, 0) is 36.1 Å². The molecule has 124 valence electrons. The van der Waals surface area contributed by atoms with Crippen LogP contribution < -0.4 is 4.90 Å². The van der Waals surface area contributed by atoms with E-state index in [1.807, 2.05) is 0 Å². The molecule has 5 atom stereocenters. The van der Waals surface area contributed by atoms with Crippen LogP contribution in [0.1, 0.15) is 31.7 Å². The second kappa shape index (κ2) is 4.16. The Labute approximate surface area is 145 Å². The van der Waals surface area contributed by atoms with Crippen LogP contribution in [0.5, 0.6) is 0 Å². The minimum absolute atomic E-state index is 0.382. The van der Waals surface area contributed by atoms with Gasteiger partial charge in [-0.25, -0.2) is 0 Å². The number of anilines is 1. The number of hydrogen-bond donors (Lipinski definition) is 0. The fourth-order valence-corrected chi connectivity index (χ4v) is 7.37. The Morgan fingerprint density at radius 1 is 1.29 bits per heavy atom. The van der Waals surface area contributed by atoms with E-state index in [2.05, 4.69) is 55.3 Å². The number of hydrogen-bond acceptors (Lipinski definition) is 1. The van der Waals surface area contributed by atoms with Crippen molar-refractivity contribution in [2.45, 2.75) is 43.7 Å². The van der Waals surface area contributed by atoms with Gasteiger partial charge in [-0.2, -0.15) is 0 Å². The van der Waals surface area contributed by atoms with Gasteiger partial charge in [0.25, 0.3) is 0 Å². The first kappa shape index (κ1) is 13.7. The number of quaternary nitrogens is 1. The number of likely N-dealkylation sites (N-methyl/N-ethyl adjacent to an activating group) is 1. The van der Waals surface area contributed by atoms with Crippen LogP contribution >= 0.6 is 0 Å². The first-order chi connectivity index (χ1) is 11.7. The van der Waals surface area contributed by atoms with E-state index in [-0.39, 0.29) is 0 Å². The molecule has 0 unspecified atom stereocenters. The summed E-state index contributed by atoms with van der Waals surface area (Å²) in [5.74, 6) is 0.722. The van der Waals surface area contributed by atoms with Crippen molar-refractivity contribution in [1.82, 2.24) is 0 Å². The molecule has 0 radical (unpaired) electrons. The Balaban J connectivity index is 1.67. The van der Waals surface area contributed by atoms with Gasteiger partial charge < -0.3 is 9.38 Å². The molecule has 0 aromatic heterocycles. The highest BCUT2D eigenvalue weighted by molar-refractivity contribution is 5.70. The Kier molecular flexibility index (Phi) is 2.38. The zero-order valence-electron chi connectivity index (χ0n) is 14.8. The fraction of sp³-hybridized carbons (Fsp3) is 0.545. The molecule has 2 nitrogen and oxygen atoms in total. The molecule has 4 heterocycles. The van der Waals surface area contributed by atoms with Gasteiger partial charge in [0.05, 0.1) is 25.0 Å². The summed E-state index contributed by atoms with van der Waals surface area (Å²) < 4.78 is 1.28. The summed E-state index contributed by atoms with van der Waals surface area (Å²) in [5.41, 5.74) is 7.10. The first-order valence-electron chi connectivity index (χ1n) is 9.74. The molecule has 1 aromatic carbocycles. The van der Waals surface area contributed by atoms with Gasteiger partial charge in [0.1, 0.15) is 12.6 Å². The third kappa shape index (κ3) is 1.29. The lowest BCUT2D eigenvalue weighted by Crippen LogP contribution is -2.67. The number of nitrogens with zero attached hydrogens (tertiary/aromatic N) is 2. The molecule has 4 aliphatic heterocycles. The first-order valence-corrected chi connectivity index (χ1v) is 9.74. The molecule has 5 aliphatic rings. The zero-order chi connectivity index (χ0) is 16.1. The summed E-state index contributed by atoms with van der Waals surface area (Å²) in [6.45, 7) is 6.10. The highest BCUT2D eigenvalue weighted by Crippen LogP contribution is 2.65. The van der Waals surface area contributed by atoms with Crippen molar-refractivity contribution < 1.29 is 4.48 Å². The SMILES string of the molecule is C/C=C1\C[N@+]2(C)CC[C@]34c5ccccc5N5CCC=C([C@H]1C[C@H]32)[C@@H]54. The molecule has 6 rings (SSSR count). The van der Waals surface area contributed by atoms with Crippen LogP contribution in [0.2, 0.25) is 0 Å². The summed E-state index contributed by atoms with van der Waals surface area (Å²) in [6, 6.07) is 10.8. The Hall–Kier alpha value is -1.54. The number of piperidine rings is 1. The van der Waals surface area contributed by atoms with Gasteiger partial charge in [0, 0.05) is 31.0 Å². The van der Waals surface area contributed by atoms with Crippen molar-refractivity contribution in [2.24, 2.45) is 5.92 Å². The van der Waals surface area contributed by atoms with E-state index in [0.29, 0.717) is 11.5 Å². The van der Waals surface area contributed by atoms with Gasteiger partial charge in [-0.15, -0.1) is 0 Å². The van der Waals surface area contributed by atoms with Crippen LogP contribution in [0.4, 0.5) is 5.69 Å². The summed E-state index contributed by atoms with van der Waals surface area (Å²) in [4.78, 5) is 2.79. The largest absolute Gasteiger partial charge is 0.363 e.